The topological polar surface area (TPSA) is 41.6 Å². The number of likely N-dealkylation sites (tertiary alicyclic amines) is 1. The zero-order chi connectivity index (χ0) is 11.1. The molecule has 1 atom stereocenters. The Morgan fingerprint density at radius 1 is 1.60 bits per heavy atom. The van der Waals surface area contributed by atoms with Crippen molar-refractivity contribution in [3.63, 3.8) is 0 Å². The van der Waals surface area contributed by atoms with Gasteiger partial charge in [-0.2, -0.15) is 0 Å². The highest BCUT2D eigenvalue weighted by Crippen LogP contribution is 2.44. The normalized spacial score (nSPS) is 27.5. The number of rotatable bonds is 2. The van der Waals surface area contributed by atoms with E-state index in [9.17, 15) is 4.79 Å². The number of carbonyl (C=O) groups is 1. The van der Waals surface area contributed by atoms with Gasteiger partial charge in [0.1, 0.15) is 5.60 Å². The number of ether oxygens (including phenoxy) is 1. The Bertz CT molecular complexity index is 259. The molecule has 2 amide bonds. The first-order valence-corrected chi connectivity index (χ1v) is 5.76. The van der Waals surface area contributed by atoms with Gasteiger partial charge in [0.25, 0.3) is 0 Å². The van der Waals surface area contributed by atoms with Crippen molar-refractivity contribution in [1.82, 2.24) is 10.2 Å². The summed E-state index contributed by atoms with van der Waals surface area (Å²) >= 11 is 0. The lowest BCUT2D eigenvalue weighted by molar-refractivity contribution is -0.268. The van der Waals surface area contributed by atoms with Gasteiger partial charge in [-0.15, -0.1) is 0 Å². The Morgan fingerprint density at radius 3 is 2.67 bits per heavy atom. The molecule has 4 heteroatoms. The van der Waals surface area contributed by atoms with Crippen molar-refractivity contribution in [3.8, 4) is 0 Å². The lowest BCUT2D eigenvalue weighted by Gasteiger charge is -2.60. The summed E-state index contributed by atoms with van der Waals surface area (Å²) in [5.74, 6) is 1.28. The van der Waals surface area contributed by atoms with E-state index < -0.39 is 0 Å². The van der Waals surface area contributed by atoms with Gasteiger partial charge >= 0.3 is 6.03 Å². The summed E-state index contributed by atoms with van der Waals surface area (Å²) in [6.45, 7) is 9.47. The van der Waals surface area contributed by atoms with Gasteiger partial charge in [0.15, 0.2) is 0 Å². The second kappa shape index (κ2) is 3.67. The smallest absolute Gasteiger partial charge is 0.317 e. The highest BCUT2D eigenvalue weighted by atomic mass is 16.5. The molecule has 2 aliphatic heterocycles. The first-order valence-electron chi connectivity index (χ1n) is 5.76. The maximum absolute atomic E-state index is 11.5. The molecule has 0 bridgehead atoms. The highest BCUT2D eigenvalue weighted by Gasteiger charge is 2.58. The third kappa shape index (κ3) is 1.61. The second-order valence-corrected chi connectivity index (χ2v) is 4.92. The van der Waals surface area contributed by atoms with Gasteiger partial charge in [-0.05, 0) is 12.8 Å². The molecular formula is C11H20N2O2. The van der Waals surface area contributed by atoms with Crippen LogP contribution in [0.15, 0.2) is 0 Å². The Kier molecular flexibility index (Phi) is 2.63. The zero-order valence-corrected chi connectivity index (χ0v) is 9.75. The molecule has 0 aliphatic carbocycles. The number of nitrogens with zero attached hydrogens (tertiary/aromatic N) is 1. The summed E-state index contributed by atoms with van der Waals surface area (Å²) in [4.78, 5) is 13.3. The van der Waals surface area contributed by atoms with Crippen LogP contribution in [0.1, 0.15) is 20.8 Å². The van der Waals surface area contributed by atoms with E-state index in [1.54, 1.807) is 0 Å². The van der Waals surface area contributed by atoms with Crippen LogP contribution in [0.4, 0.5) is 4.79 Å². The zero-order valence-electron chi connectivity index (χ0n) is 9.75. The Morgan fingerprint density at radius 2 is 2.27 bits per heavy atom. The average molecular weight is 212 g/mol. The molecule has 0 radical (unpaired) electrons. The van der Waals surface area contributed by atoms with E-state index in [0.29, 0.717) is 18.4 Å². The highest BCUT2D eigenvalue weighted by molar-refractivity contribution is 5.75. The van der Waals surface area contributed by atoms with Gasteiger partial charge in [-0.25, -0.2) is 4.79 Å². The summed E-state index contributed by atoms with van der Waals surface area (Å²) in [7, 11) is 0. The minimum absolute atomic E-state index is 0.000746. The van der Waals surface area contributed by atoms with E-state index in [4.69, 9.17) is 4.74 Å². The largest absolute Gasteiger partial charge is 0.370 e. The number of hydrogen-bond acceptors (Lipinski definition) is 2. The molecule has 1 unspecified atom stereocenters. The first-order chi connectivity index (χ1) is 7.09. The van der Waals surface area contributed by atoms with E-state index in [0.717, 1.165) is 19.7 Å². The number of carbonyl (C=O) groups excluding carboxylic acids is 1. The van der Waals surface area contributed by atoms with E-state index >= 15 is 0 Å². The molecular weight excluding hydrogens is 192 g/mol. The lowest BCUT2D eigenvalue weighted by Crippen LogP contribution is -2.75. The number of nitrogens with one attached hydrogen (secondary N) is 1. The predicted molar refractivity (Wildman–Crippen MR) is 57.7 cm³/mol. The fraction of sp³-hybridized carbons (Fsp3) is 0.909. The SMILES string of the molecule is CCNC(=O)N1CC2(C1)OCC2C(C)C. The number of urea groups is 1. The fourth-order valence-corrected chi connectivity index (χ4v) is 2.55. The van der Waals surface area contributed by atoms with Crippen molar-refractivity contribution < 1.29 is 9.53 Å². The van der Waals surface area contributed by atoms with Crippen LogP contribution in [-0.2, 0) is 4.74 Å². The Labute approximate surface area is 91.0 Å². The monoisotopic (exact) mass is 212 g/mol. The van der Waals surface area contributed by atoms with E-state index in [1.807, 2.05) is 11.8 Å². The summed E-state index contributed by atoms with van der Waals surface area (Å²) in [6, 6.07) is 0.0427. The van der Waals surface area contributed by atoms with Crippen LogP contribution in [0.5, 0.6) is 0 Å². The summed E-state index contributed by atoms with van der Waals surface area (Å²) in [5.41, 5.74) is -0.000746. The number of amides is 2. The van der Waals surface area contributed by atoms with Crippen molar-refractivity contribution in [2.45, 2.75) is 26.4 Å². The van der Waals surface area contributed by atoms with E-state index in [2.05, 4.69) is 19.2 Å². The molecule has 15 heavy (non-hydrogen) atoms. The van der Waals surface area contributed by atoms with E-state index in [1.165, 1.54) is 0 Å². The standard InChI is InChI=1S/C11H20N2O2/c1-4-12-10(14)13-6-11(7-13)9(5-15-11)8(2)3/h8-9H,4-7H2,1-3H3,(H,12,14). The van der Waals surface area contributed by atoms with Gasteiger partial charge in [-0.1, -0.05) is 13.8 Å². The van der Waals surface area contributed by atoms with Crippen LogP contribution in [-0.4, -0.2) is 42.8 Å². The average Bonchev–Trinajstić information content (AvgIpc) is 1.98. The maximum atomic E-state index is 11.5. The number of hydrogen-bond donors (Lipinski definition) is 1. The lowest BCUT2D eigenvalue weighted by atomic mass is 9.71. The molecule has 4 nitrogen and oxygen atoms in total. The van der Waals surface area contributed by atoms with Gasteiger partial charge in [0.2, 0.25) is 0 Å². The molecule has 2 heterocycles. The predicted octanol–water partition coefficient (Wildman–Crippen LogP) is 1.07. The maximum Gasteiger partial charge on any atom is 0.317 e. The fourth-order valence-electron chi connectivity index (χ4n) is 2.55. The van der Waals surface area contributed by atoms with Crippen molar-refractivity contribution in [2.24, 2.45) is 11.8 Å². The minimum Gasteiger partial charge on any atom is -0.370 e. The van der Waals surface area contributed by atoms with E-state index in [-0.39, 0.29) is 11.6 Å². The third-order valence-corrected chi connectivity index (χ3v) is 3.56. The Hall–Kier alpha value is -0.770. The Balaban J connectivity index is 1.84. The van der Waals surface area contributed by atoms with Crippen molar-refractivity contribution in [3.05, 3.63) is 0 Å². The van der Waals surface area contributed by atoms with Crippen molar-refractivity contribution in [1.29, 1.82) is 0 Å². The van der Waals surface area contributed by atoms with Crippen LogP contribution in [0.2, 0.25) is 0 Å². The van der Waals surface area contributed by atoms with Crippen LogP contribution in [0.3, 0.4) is 0 Å². The van der Waals surface area contributed by atoms with Crippen LogP contribution in [0.25, 0.3) is 0 Å². The molecule has 0 aromatic rings. The summed E-state index contributed by atoms with van der Waals surface area (Å²) in [6.07, 6.45) is 0. The first kappa shape index (κ1) is 10.7. The molecule has 2 saturated heterocycles. The van der Waals surface area contributed by atoms with Crippen molar-refractivity contribution >= 4 is 6.03 Å². The molecule has 0 saturated carbocycles. The van der Waals surface area contributed by atoms with Crippen LogP contribution in [0, 0.1) is 11.8 Å². The second-order valence-electron chi connectivity index (χ2n) is 4.92. The summed E-state index contributed by atoms with van der Waals surface area (Å²) in [5, 5.41) is 2.81. The van der Waals surface area contributed by atoms with Crippen LogP contribution >= 0.6 is 0 Å². The third-order valence-electron chi connectivity index (χ3n) is 3.56. The molecule has 2 aliphatic rings. The minimum atomic E-state index is -0.000746. The van der Waals surface area contributed by atoms with Gasteiger partial charge in [-0.3, -0.25) is 0 Å². The molecule has 0 aromatic heterocycles. The molecule has 2 rings (SSSR count). The molecule has 0 aromatic carbocycles. The summed E-state index contributed by atoms with van der Waals surface area (Å²) < 4.78 is 5.66. The molecule has 1 spiro atoms. The molecule has 1 N–H and O–H groups in total. The quantitative estimate of drug-likeness (QED) is 0.744. The van der Waals surface area contributed by atoms with Gasteiger partial charge < -0.3 is 15.0 Å². The van der Waals surface area contributed by atoms with Gasteiger partial charge in [0, 0.05) is 12.5 Å². The van der Waals surface area contributed by atoms with Crippen LogP contribution < -0.4 is 5.32 Å². The molecule has 2 fully saturated rings. The van der Waals surface area contributed by atoms with Gasteiger partial charge in [0.05, 0.1) is 19.7 Å². The molecule has 86 valence electrons. The van der Waals surface area contributed by atoms with Crippen molar-refractivity contribution in [2.75, 3.05) is 26.2 Å².